The summed E-state index contributed by atoms with van der Waals surface area (Å²) in [5.74, 6) is -0.711. The van der Waals surface area contributed by atoms with Gasteiger partial charge in [0.15, 0.2) is 0 Å². The van der Waals surface area contributed by atoms with E-state index in [1.54, 1.807) is 0 Å². The van der Waals surface area contributed by atoms with Crippen LogP contribution in [0.3, 0.4) is 0 Å². The summed E-state index contributed by atoms with van der Waals surface area (Å²) in [4.78, 5) is 13.5. The van der Waals surface area contributed by atoms with E-state index in [1.807, 2.05) is 25.1 Å². The quantitative estimate of drug-likeness (QED) is 0.905. The van der Waals surface area contributed by atoms with Crippen LogP contribution in [-0.4, -0.2) is 29.1 Å². The molecule has 1 saturated heterocycles. The number of hydrogen-bond acceptors (Lipinski definition) is 2. The van der Waals surface area contributed by atoms with Crippen molar-refractivity contribution in [2.75, 3.05) is 13.1 Å². The maximum absolute atomic E-state index is 11.3. The van der Waals surface area contributed by atoms with Gasteiger partial charge >= 0.3 is 5.97 Å². The van der Waals surface area contributed by atoms with Gasteiger partial charge in [-0.1, -0.05) is 27.5 Å². The monoisotopic (exact) mass is 345 g/mol. The summed E-state index contributed by atoms with van der Waals surface area (Å²) in [6, 6.07) is 5.76. The number of rotatable bonds is 3. The van der Waals surface area contributed by atoms with Crippen molar-refractivity contribution in [1.29, 1.82) is 0 Å². The van der Waals surface area contributed by atoms with E-state index in [0.29, 0.717) is 13.1 Å². The second kappa shape index (κ2) is 5.81. The van der Waals surface area contributed by atoms with E-state index in [4.69, 9.17) is 11.6 Å². The Kier molecular flexibility index (Phi) is 4.54. The van der Waals surface area contributed by atoms with Gasteiger partial charge in [0.2, 0.25) is 0 Å². The Morgan fingerprint density at radius 1 is 1.58 bits per heavy atom. The van der Waals surface area contributed by atoms with Gasteiger partial charge in [0.05, 0.1) is 5.41 Å². The molecule has 1 N–H and O–H groups in total. The van der Waals surface area contributed by atoms with Crippen LogP contribution in [0, 0.1) is 5.41 Å². The lowest BCUT2D eigenvalue weighted by molar-refractivity contribution is -0.151. The molecule has 0 saturated carbocycles. The molecular formula is C14H17BrClNO2. The number of hydrogen-bond donors (Lipinski definition) is 1. The Morgan fingerprint density at radius 3 is 3.00 bits per heavy atom. The Labute approximate surface area is 126 Å². The Morgan fingerprint density at radius 2 is 2.32 bits per heavy atom. The first-order valence-corrected chi connectivity index (χ1v) is 7.47. The molecule has 1 aromatic carbocycles. The van der Waals surface area contributed by atoms with Crippen molar-refractivity contribution in [2.45, 2.75) is 26.3 Å². The van der Waals surface area contributed by atoms with Crippen molar-refractivity contribution in [2.24, 2.45) is 5.41 Å². The molecule has 1 aliphatic rings. The Hall–Kier alpha value is -0.580. The van der Waals surface area contributed by atoms with Crippen LogP contribution in [0.15, 0.2) is 22.7 Å². The van der Waals surface area contributed by atoms with Gasteiger partial charge < -0.3 is 5.11 Å². The maximum Gasteiger partial charge on any atom is 0.310 e. The average molecular weight is 347 g/mol. The first kappa shape index (κ1) is 14.8. The van der Waals surface area contributed by atoms with E-state index in [9.17, 15) is 9.90 Å². The molecular weight excluding hydrogens is 330 g/mol. The zero-order chi connectivity index (χ0) is 14.0. The molecule has 0 aliphatic carbocycles. The van der Waals surface area contributed by atoms with E-state index in [2.05, 4.69) is 20.8 Å². The lowest BCUT2D eigenvalue weighted by Gasteiger charge is -2.37. The van der Waals surface area contributed by atoms with Crippen molar-refractivity contribution in [3.05, 3.63) is 33.3 Å². The molecule has 0 aromatic heterocycles. The first-order chi connectivity index (χ1) is 8.90. The second-order valence-electron chi connectivity index (χ2n) is 5.42. The summed E-state index contributed by atoms with van der Waals surface area (Å²) in [5.41, 5.74) is 0.391. The van der Waals surface area contributed by atoms with Gasteiger partial charge in [-0.3, -0.25) is 9.69 Å². The highest BCUT2D eigenvalue weighted by Crippen LogP contribution is 2.31. The standard InChI is InChI=1S/C14H17BrClNO2/c1-14(13(18)19)5-2-6-17(9-14)8-10-7-11(15)3-4-12(10)16/h3-4,7H,2,5-6,8-9H2,1H3,(H,18,19). The van der Waals surface area contributed by atoms with E-state index < -0.39 is 11.4 Å². The summed E-state index contributed by atoms with van der Waals surface area (Å²) in [5, 5.41) is 10.0. The van der Waals surface area contributed by atoms with Crippen molar-refractivity contribution < 1.29 is 9.90 Å². The number of carbonyl (C=O) groups is 1. The molecule has 104 valence electrons. The molecule has 1 atom stereocenters. The number of likely N-dealkylation sites (tertiary alicyclic amines) is 1. The molecule has 1 fully saturated rings. The number of carboxylic acid groups (broad SMARTS) is 1. The lowest BCUT2D eigenvalue weighted by Crippen LogP contribution is -2.45. The summed E-state index contributed by atoms with van der Waals surface area (Å²) in [7, 11) is 0. The summed E-state index contributed by atoms with van der Waals surface area (Å²) >= 11 is 9.62. The molecule has 0 bridgehead atoms. The molecule has 0 amide bonds. The number of nitrogens with zero attached hydrogens (tertiary/aromatic N) is 1. The predicted octanol–water partition coefficient (Wildman–Crippen LogP) is 3.79. The molecule has 5 heteroatoms. The fourth-order valence-corrected chi connectivity index (χ4v) is 3.15. The van der Waals surface area contributed by atoms with Crippen molar-refractivity contribution in [3.8, 4) is 0 Å². The maximum atomic E-state index is 11.3. The number of piperidine rings is 1. The van der Waals surface area contributed by atoms with E-state index in [0.717, 1.165) is 34.4 Å². The van der Waals surface area contributed by atoms with E-state index in [1.165, 1.54) is 0 Å². The van der Waals surface area contributed by atoms with Gasteiger partial charge in [0, 0.05) is 22.6 Å². The SMILES string of the molecule is CC1(C(=O)O)CCCN(Cc2cc(Br)ccc2Cl)C1. The van der Waals surface area contributed by atoms with Crippen molar-refractivity contribution in [3.63, 3.8) is 0 Å². The Balaban J connectivity index is 2.11. The molecule has 2 rings (SSSR count). The Bertz CT molecular complexity index is 494. The molecule has 1 unspecified atom stereocenters. The van der Waals surface area contributed by atoms with Crippen LogP contribution < -0.4 is 0 Å². The zero-order valence-corrected chi connectivity index (χ0v) is 13.2. The average Bonchev–Trinajstić information content (AvgIpc) is 2.34. The fraction of sp³-hybridized carbons (Fsp3) is 0.500. The van der Waals surface area contributed by atoms with Crippen LogP contribution in [0.4, 0.5) is 0 Å². The van der Waals surface area contributed by atoms with Crippen LogP contribution in [0.2, 0.25) is 5.02 Å². The predicted molar refractivity (Wildman–Crippen MR) is 79.4 cm³/mol. The van der Waals surface area contributed by atoms with Crippen LogP contribution in [0.25, 0.3) is 0 Å². The first-order valence-electron chi connectivity index (χ1n) is 6.30. The van der Waals surface area contributed by atoms with Crippen molar-refractivity contribution >= 4 is 33.5 Å². The second-order valence-corrected chi connectivity index (χ2v) is 6.74. The van der Waals surface area contributed by atoms with Crippen LogP contribution in [0.1, 0.15) is 25.3 Å². The van der Waals surface area contributed by atoms with Gasteiger partial charge in [0.1, 0.15) is 0 Å². The smallest absolute Gasteiger partial charge is 0.310 e. The third-order valence-electron chi connectivity index (χ3n) is 3.69. The highest BCUT2D eigenvalue weighted by Gasteiger charge is 2.37. The van der Waals surface area contributed by atoms with E-state index in [-0.39, 0.29) is 0 Å². The normalized spacial score (nSPS) is 24.4. The van der Waals surface area contributed by atoms with Crippen LogP contribution in [0.5, 0.6) is 0 Å². The molecule has 0 spiro atoms. The highest BCUT2D eigenvalue weighted by atomic mass is 79.9. The van der Waals surface area contributed by atoms with Gasteiger partial charge in [-0.25, -0.2) is 0 Å². The van der Waals surface area contributed by atoms with Gasteiger partial charge in [0.25, 0.3) is 0 Å². The summed E-state index contributed by atoms with van der Waals surface area (Å²) < 4.78 is 0.991. The fourth-order valence-electron chi connectivity index (χ4n) is 2.56. The third kappa shape index (κ3) is 3.50. The minimum atomic E-state index is -0.711. The highest BCUT2D eigenvalue weighted by molar-refractivity contribution is 9.10. The van der Waals surface area contributed by atoms with Gasteiger partial charge in [-0.2, -0.15) is 0 Å². The molecule has 1 aromatic rings. The van der Waals surface area contributed by atoms with Gasteiger partial charge in [-0.15, -0.1) is 0 Å². The molecule has 0 radical (unpaired) electrons. The topological polar surface area (TPSA) is 40.5 Å². The number of benzene rings is 1. The lowest BCUT2D eigenvalue weighted by atomic mass is 9.82. The van der Waals surface area contributed by atoms with E-state index >= 15 is 0 Å². The number of halogens is 2. The zero-order valence-electron chi connectivity index (χ0n) is 10.8. The molecule has 3 nitrogen and oxygen atoms in total. The largest absolute Gasteiger partial charge is 0.481 e. The van der Waals surface area contributed by atoms with Crippen molar-refractivity contribution in [1.82, 2.24) is 4.90 Å². The van der Waals surface area contributed by atoms with Gasteiger partial charge in [-0.05, 0) is 50.1 Å². The van der Waals surface area contributed by atoms with Crippen LogP contribution >= 0.6 is 27.5 Å². The van der Waals surface area contributed by atoms with Crippen LogP contribution in [-0.2, 0) is 11.3 Å². The number of carboxylic acids is 1. The minimum absolute atomic E-state index is 0.575. The minimum Gasteiger partial charge on any atom is -0.481 e. The number of aliphatic carboxylic acids is 1. The molecule has 1 heterocycles. The molecule has 19 heavy (non-hydrogen) atoms. The molecule has 1 aliphatic heterocycles. The summed E-state index contributed by atoms with van der Waals surface area (Å²) in [6.07, 6.45) is 1.65. The third-order valence-corrected chi connectivity index (χ3v) is 4.56. The summed E-state index contributed by atoms with van der Waals surface area (Å²) in [6.45, 7) is 4.02.